The van der Waals surface area contributed by atoms with Gasteiger partial charge in [0, 0.05) is 5.57 Å². The van der Waals surface area contributed by atoms with E-state index in [0.717, 1.165) is 22.4 Å². The summed E-state index contributed by atoms with van der Waals surface area (Å²) in [6.45, 7) is 14.5. The maximum Gasteiger partial charge on any atom is 0.333 e. The Morgan fingerprint density at radius 1 is 1.21 bits per heavy atom. The Morgan fingerprint density at radius 2 is 1.75 bits per heavy atom. The molecule has 4 nitrogen and oxygen atoms in total. The van der Waals surface area contributed by atoms with Crippen LogP contribution < -0.4 is 4.74 Å². The van der Waals surface area contributed by atoms with Crippen molar-refractivity contribution in [3.63, 3.8) is 0 Å². The minimum Gasteiger partial charge on any atom is -0.490 e. The molecule has 0 heterocycles. The second-order valence-corrected chi connectivity index (χ2v) is 5.74. The molecule has 1 aromatic rings. The molecule has 0 aliphatic carbocycles. The van der Waals surface area contributed by atoms with Gasteiger partial charge in [-0.1, -0.05) is 36.4 Å². The molecule has 0 saturated carbocycles. The zero-order valence-corrected chi connectivity index (χ0v) is 14.5. The minimum absolute atomic E-state index is 0.0286. The van der Waals surface area contributed by atoms with Gasteiger partial charge in [0.2, 0.25) is 0 Å². The molecule has 24 heavy (non-hydrogen) atoms. The van der Waals surface area contributed by atoms with E-state index in [9.17, 15) is 9.90 Å². The highest BCUT2D eigenvalue weighted by Gasteiger charge is 2.14. The predicted molar refractivity (Wildman–Crippen MR) is 96.3 cm³/mol. The highest BCUT2D eigenvalue weighted by Crippen LogP contribution is 2.28. The van der Waals surface area contributed by atoms with E-state index in [-0.39, 0.29) is 13.2 Å². The summed E-state index contributed by atoms with van der Waals surface area (Å²) in [5.41, 5.74) is 3.44. The lowest BCUT2D eigenvalue weighted by atomic mass is 10.00. The van der Waals surface area contributed by atoms with E-state index in [4.69, 9.17) is 9.47 Å². The first-order valence-electron chi connectivity index (χ1n) is 7.86. The van der Waals surface area contributed by atoms with Crippen molar-refractivity contribution in [2.24, 2.45) is 0 Å². The van der Waals surface area contributed by atoms with E-state index in [0.29, 0.717) is 18.4 Å². The van der Waals surface area contributed by atoms with Gasteiger partial charge in [0.25, 0.3) is 0 Å². The van der Waals surface area contributed by atoms with Crippen LogP contribution in [0.1, 0.15) is 23.6 Å². The third-order valence-electron chi connectivity index (χ3n) is 3.29. The van der Waals surface area contributed by atoms with Crippen LogP contribution in [-0.4, -0.2) is 30.4 Å². The fourth-order valence-electron chi connectivity index (χ4n) is 2.25. The van der Waals surface area contributed by atoms with Crippen LogP contribution in [0.5, 0.6) is 5.75 Å². The average molecular weight is 330 g/mol. The normalized spacial score (nSPS) is 11.5. The number of allylic oxidation sites excluding steroid dienone is 2. The molecule has 1 unspecified atom stereocenters. The largest absolute Gasteiger partial charge is 0.490 e. The molecule has 1 N–H and O–H groups in total. The van der Waals surface area contributed by atoms with Gasteiger partial charge in [-0.3, -0.25) is 0 Å². The fourth-order valence-corrected chi connectivity index (χ4v) is 2.25. The van der Waals surface area contributed by atoms with Crippen LogP contribution in [0.3, 0.4) is 0 Å². The lowest BCUT2D eigenvalue weighted by Gasteiger charge is -2.18. The Kier molecular flexibility index (Phi) is 7.99. The molecule has 1 atom stereocenters. The van der Waals surface area contributed by atoms with Crippen molar-refractivity contribution in [3.8, 4) is 5.75 Å². The monoisotopic (exact) mass is 330 g/mol. The number of aryl methyl sites for hydroxylation is 1. The van der Waals surface area contributed by atoms with Crippen molar-refractivity contribution in [1.29, 1.82) is 0 Å². The summed E-state index contributed by atoms with van der Waals surface area (Å²) in [4.78, 5) is 11.3. The zero-order chi connectivity index (χ0) is 18.1. The second kappa shape index (κ2) is 9.73. The molecule has 130 valence electrons. The number of hydrogen-bond donors (Lipinski definition) is 1. The van der Waals surface area contributed by atoms with Crippen LogP contribution >= 0.6 is 0 Å². The highest BCUT2D eigenvalue weighted by molar-refractivity contribution is 5.86. The predicted octanol–water partition coefficient (Wildman–Crippen LogP) is 3.31. The van der Waals surface area contributed by atoms with Gasteiger partial charge in [0.15, 0.2) is 0 Å². The molecular formula is C20H26O4. The van der Waals surface area contributed by atoms with Crippen LogP contribution in [0.4, 0.5) is 0 Å². The lowest BCUT2D eigenvalue weighted by Crippen LogP contribution is -2.26. The standard InChI is InChI=1S/C20H26O4/c1-6-8-16-10-15(5)11-17(9-7-2)19(16)23-12-18(21)13-24-20(22)14(3)4/h6-7,10-11,18,21H,1-3,8-9,12-13H2,4-5H3. The van der Waals surface area contributed by atoms with Gasteiger partial charge in [0.1, 0.15) is 25.1 Å². The molecule has 0 spiro atoms. The number of benzene rings is 1. The van der Waals surface area contributed by atoms with E-state index in [1.54, 1.807) is 6.92 Å². The maximum absolute atomic E-state index is 11.3. The van der Waals surface area contributed by atoms with Crippen molar-refractivity contribution < 1.29 is 19.4 Å². The van der Waals surface area contributed by atoms with Gasteiger partial charge in [0.05, 0.1) is 0 Å². The Bertz CT molecular complexity index is 585. The molecule has 0 radical (unpaired) electrons. The van der Waals surface area contributed by atoms with Crippen LogP contribution in [-0.2, 0) is 22.4 Å². The quantitative estimate of drug-likeness (QED) is 0.406. The number of aliphatic hydroxyl groups excluding tert-OH is 1. The Hall–Kier alpha value is -2.33. The third-order valence-corrected chi connectivity index (χ3v) is 3.29. The summed E-state index contributed by atoms with van der Waals surface area (Å²) in [6.07, 6.45) is 4.04. The van der Waals surface area contributed by atoms with E-state index < -0.39 is 12.1 Å². The maximum atomic E-state index is 11.3. The highest BCUT2D eigenvalue weighted by atomic mass is 16.5. The van der Waals surface area contributed by atoms with Crippen molar-refractivity contribution >= 4 is 5.97 Å². The van der Waals surface area contributed by atoms with Crippen molar-refractivity contribution in [3.05, 3.63) is 66.3 Å². The average Bonchev–Trinajstić information content (AvgIpc) is 2.52. The molecule has 4 heteroatoms. The number of hydrogen-bond acceptors (Lipinski definition) is 4. The van der Waals surface area contributed by atoms with Crippen molar-refractivity contribution in [2.75, 3.05) is 13.2 Å². The van der Waals surface area contributed by atoms with Gasteiger partial charge in [-0.15, -0.1) is 13.2 Å². The first-order chi connectivity index (χ1) is 11.4. The second-order valence-electron chi connectivity index (χ2n) is 5.74. The first-order valence-corrected chi connectivity index (χ1v) is 7.86. The summed E-state index contributed by atoms with van der Waals surface area (Å²) in [5.74, 6) is 0.203. The first kappa shape index (κ1) is 19.7. The SMILES string of the molecule is C=CCc1cc(C)cc(CC=C)c1OCC(O)COC(=O)C(=C)C. The molecule has 0 saturated heterocycles. The molecular weight excluding hydrogens is 304 g/mol. The van der Waals surface area contributed by atoms with Gasteiger partial charge in [-0.05, 0) is 37.8 Å². The Balaban J connectivity index is 2.81. The zero-order valence-electron chi connectivity index (χ0n) is 14.5. The van der Waals surface area contributed by atoms with E-state index in [1.165, 1.54) is 0 Å². The number of ether oxygens (including phenoxy) is 2. The molecule has 0 aromatic heterocycles. The summed E-state index contributed by atoms with van der Waals surface area (Å²) >= 11 is 0. The fraction of sp³-hybridized carbons (Fsp3) is 0.350. The van der Waals surface area contributed by atoms with Gasteiger partial charge in [-0.2, -0.15) is 0 Å². The van der Waals surface area contributed by atoms with Gasteiger partial charge >= 0.3 is 5.97 Å². The summed E-state index contributed by atoms with van der Waals surface area (Å²) in [6, 6.07) is 4.08. The molecule has 0 bridgehead atoms. The van der Waals surface area contributed by atoms with Crippen molar-refractivity contribution in [1.82, 2.24) is 0 Å². The Morgan fingerprint density at radius 3 is 2.21 bits per heavy atom. The van der Waals surface area contributed by atoms with E-state index in [1.807, 2.05) is 31.2 Å². The molecule has 0 fully saturated rings. The van der Waals surface area contributed by atoms with Gasteiger partial charge < -0.3 is 14.6 Å². The van der Waals surface area contributed by atoms with Crippen molar-refractivity contribution in [2.45, 2.75) is 32.8 Å². The van der Waals surface area contributed by atoms with E-state index >= 15 is 0 Å². The topological polar surface area (TPSA) is 55.8 Å². The number of rotatable bonds is 10. The molecule has 1 rings (SSSR count). The summed E-state index contributed by atoms with van der Waals surface area (Å²) < 4.78 is 10.8. The van der Waals surface area contributed by atoms with Gasteiger partial charge in [-0.25, -0.2) is 4.79 Å². The molecule has 0 amide bonds. The number of aliphatic hydroxyl groups is 1. The van der Waals surface area contributed by atoms with Crippen LogP contribution in [0.15, 0.2) is 49.6 Å². The smallest absolute Gasteiger partial charge is 0.333 e. The van der Waals surface area contributed by atoms with E-state index in [2.05, 4.69) is 19.7 Å². The van der Waals surface area contributed by atoms with Crippen LogP contribution in [0, 0.1) is 6.92 Å². The number of carbonyl (C=O) groups is 1. The third kappa shape index (κ3) is 6.05. The summed E-state index contributed by atoms with van der Waals surface area (Å²) in [5, 5.41) is 9.97. The number of esters is 1. The Labute approximate surface area is 144 Å². The lowest BCUT2D eigenvalue weighted by molar-refractivity contribution is -0.142. The van der Waals surface area contributed by atoms with Crippen LogP contribution in [0.2, 0.25) is 0 Å². The number of carbonyl (C=O) groups excluding carboxylic acids is 1. The molecule has 1 aromatic carbocycles. The summed E-state index contributed by atoms with van der Waals surface area (Å²) in [7, 11) is 0. The molecule has 0 aliphatic rings. The van der Waals surface area contributed by atoms with Crippen LogP contribution in [0.25, 0.3) is 0 Å². The minimum atomic E-state index is -0.914. The molecule has 0 aliphatic heterocycles.